The molecule has 1 saturated heterocycles. The largest absolute Gasteiger partial charge is 0.462 e. The van der Waals surface area contributed by atoms with Crippen LogP contribution >= 0.6 is 23.2 Å². The number of benzene rings is 1. The number of carbonyl (C=O) groups is 1. The standard InChI is InChI=1S/C25H27Cl2NO2/c1-4-18-14(2)12-21-23(15(3)30-25(21)29)20(18)11-10-17-9-8-16(13-28-17)19-6-5-7-22(26)24(19)27/h5-11,13-15,18,20-21,23H,4,12H2,1-3H3/b11-10+. The van der Waals surface area contributed by atoms with E-state index in [1.54, 1.807) is 6.07 Å². The second kappa shape index (κ2) is 8.72. The van der Waals surface area contributed by atoms with Crippen LogP contribution in [-0.2, 0) is 9.53 Å². The van der Waals surface area contributed by atoms with Gasteiger partial charge in [0.25, 0.3) is 0 Å². The molecular formula is C25H27Cl2NO2. The Morgan fingerprint density at radius 1 is 1.20 bits per heavy atom. The number of rotatable bonds is 4. The first-order valence-corrected chi connectivity index (χ1v) is 11.5. The number of esters is 1. The fraction of sp³-hybridized carbons (Fsp3) is 0.440. The molecule has 0 radical (unpaired) electrons. The highest BCUT2D eigenvalue weighted by Gasteiger charge is 2.52. The van der Waals surface area contributed by atoms with Crippen LogP contribution < -0.4 is 0 Å². The van der Waals surface area contributed by atoms with Gasteiger partial charge in [-0.05, 0) is 49.3 Å². The lowest BCUT2D eigenvalue weighted by Gasteiger charge is -2.41. The van der Waals surface area contributed by atoms with Gasteiger partial charge in [0.1, 0.15) is 6.10 Å². The summed E-state index contributed by atoms with van der Waals surface area (Å²) in [7, 11) is 0. The van der Waals surface area contributed by atoms with Crippen LogP contribution in [0.25, 0.3) is 17.2 Å². The zero-order valence-corrected chi connectivity index (χ0v) is 19.0. The van der Waals surface area contributed by atoms with Crippen molar-refractivity contribution in [3.63, 3.8) is 0 Å². The number of nitrogens with zero attached hydrogens (tertiary/aromatic N) is 1. The minimum atomic E-state index is -0.0287. The minimum Gasteiger partial charge on any atom is -0.462 e. The summed E-state index contributed by atoms with van der Waals surface area (Å²) in [5, 5.41) is 1.07. The van der Waals surface area contributed by atoms with Crippen LogP contribution in [-0.4, -0.2) is 17.1 Å². The van der Waals surface area contributed by atoms with E-state index in [0.29, 0.717) is 27.8 Å². The minimum absolute atomic E-state index is 0.0202. The molecule has 0 bridgehead atoms. The Hall–Kier alpha value is -1.84. The maximum Gasteiger partial charge on any atom is 0.309 e. The summed E-state index contributed by atoms with van der Waals surface area (Å²) in [4.78, 5) is 16.9. The van der Waals surface area contributed by atoms with E-state index in [9.17, 15) is 4.79 Å². The second-order valence-corrected chi connectivity index (χ2v) is 9.41. The molecule has 4 rings (SSSR count). The summed E-state index contributed by atoms with van der Waals surface area (Å²) in [6.45, 7) is 6.55. The molecular weight excluding hydrogens is 417 g/mol. The molecule has 1 aromatic heterocycles. The van der Waals surface area contributed by atoms with E-state index in [4.69, 9.17) is 27.9 Å². The number of carbonyl (C=O) groups excluding carboxylic acids is 1. The van der Waals surface area contributed by atoms with Gasteiger partial charge in [-0.3, -0.25) is 9.78 Å². The molecule has 2 aromatic rings. The van der Waals surface area contributed by atoms with Crippen LogP contribution in [0.4, 0.5) is 0 Å². The molecule has 2 fully saturated rings. The molecule has 2 heterocycles. The quantitative estimate of drug-likeness (QED) is 0.480. The summed E-state index contributed by atoms with van der Waals surface area (Å²) in [5.41, 5.74) is 2.69. The predicted molar refractivity (Wildman–Crippen MR) is 122 cm³/mol. The van der Waals surface area contributed by atoms with Crippen molar-refractivity contribution in [2.24, 2.45) is 29.6 Å². The van der Waals surface area contributed by atoms with Crippen molar-refractivity contribution in [1.82, 2.24) is 4.98 Å². The van der Waals surface area contributed by atoms with Gasteiger partial charge in [-0.2, -0.15) is 0 Å². The molecule has 6 atom stereocenters. The van der Waals surface area contributed by atoms with E-state index in [-0.39, 0.29) is 23.9 Å². The van der Waals surface area contributed by atoms with Crippen molar-refractivity contribution in [3.8, 4) is 11.1 Å². The predicted octanol–water partition coefficient (Wildman–Crippen LogP) is 6.93. The van der Waals surface area contributed by atoms with Gasteiger partial charge in [-0.15, -0.1) is 0 Å². The zero-order valence-electron chi connectivity index (χ0n) is 17.5. The van der Waals surface area contributed by atoms with E-state index >= 15 is 0 Å². The van der Waals surface area contributed by atoms with Gasteiger partial charge >= 0.3 is 5.97 Å². The monoisotopic (exact) mass is 443 g/mol. The number of cyclic esters (lactones) is 1. The topological polar surface area (TPSA) is 39.2 Å². The summed E-state index contributed by atoms with van der Waals surface area (Å²) in [6.07, 6.45) is 8.17. The van der Waals surface area contributed by atoms with E-state index in [0.717, 1.165) is 29.7 Å². The smallest absolute Gasteiger partial charge is 0.309 e. The summed E-state index contributed by atoms with van der Waals surface area (Å²) in [5.74, 6) is 1.61. The highest BCUT2D eigenvalue weighted by Crippen LogP contribution is 2.50. The average molecular weight is 444 g/mol. The lowest BCUT2D eigenvalue weighted by atomic mass is 9.61. The molecule has 0 spiro atoms. The normalized spacial score (nSPS) is 31.0. The number of ether oxygens (including phenoxy) is 1. The third-order valence-electron chi connectivity index (χ3n) is 6.92. The van der Waals surface area contributed by atoms with Crippen molar-refractivity contribution in [1.29, 1.82) is 0 Å². The Labute approximate surface area is 188 Å². The van der Waals surface area contributed by atoms with Crippen LogP contribution in [0.3, 0.4) is 0 Å². The molecule has 1 aromatic carbocycles. The summed E-state index contributed by atoms with van der Waals surface area (Å²) >= 11 is 12.5. The van der Waals surface area contributed by atoms with Crippen LogP contribution in [0.5, 0.6) is 0 Å². The Morgan fingerprint density at radius 3 is 2.70 bits per heavy atom. The van der Waals surface area contributed by atoms with Gasteiger partial charge in [-0.1, -0.05) is 67.7 Å². The fourth-order valence-corrected chi connectivity index (χ4v) is 5.86. The van der Waals surface area contributed by atoms with Crippen molar-refractivity contribution in [2.75, 3.05) is 0 Å². The highest BCUT2D eigenvalue weighted by atomic mass is 35.5. The molecule has 30 heavy (non-hydrogen) atoms. The SMILES string of the molecule is CCC1C(C)CC2C(=O)OC(C)C2C1/C=C/c1ccc(-c2cccc(Cl)c2Cl)cn1. The summed E-state index contributed by atoms with van der Waals surface area (Å²) in [6, 6.07) is 9.61. The highest BCUT2D eigenvalue weighted by molar-refractivity contribution is 6.43. The zero-order chi connectivity index (χ0) is 21.4. The number of halogens is 2. The molecule has 158 valence electrons. The first-order chi connectivity index (χ1) is 14.4. The molecule has 2 aliphatic rings. The molecule has 6 unspecified atom stereocenters. The Kier molecular flexibility index (Phi) is 6.22. The molecule has 5 heteroatoms. The number of aromatic nitrogens is 1. The molecule has 1 aliphatic heterocycles. The van der Waals surface area contributed by atoms with Gasteiger partial charge in [0.05, 0.1) is 21.7 Å². The number of hydrogen-bond donors (Lipinski definition) is 0. The molecule has 1 saturated carbocycles. The third-order valence-corrected chi connectivity index (χ3v) is 7.74. The van der Waals surface area contributed by atoms with Gasteiger partial charge in [0.15, 0.2) is 0 Å². The Balaban J connectivity index is 1.58. The Bertz CT molecular complexity index is 956. The first-order valence-electron chi connectivity index (χ1n) is 10.7. The van der Waals surface area contributed by atoms with Crippen molar-refractivity contribution in [3.05, 3.63) is 58.3 Å². The van der Waals surface area contributed by atoms with Gasteiger partial charge in [0.2, 0.25) is 0 Å². The summed E-state index contributed by atoms with van der Waals surface area (Å²) < 4.78 is 5.61. The van der Waals surface area contributed by atoms with Crippen molar-refractivity contribution < 1.29 is 9.53 Å². The number of allylic oxidation sites excluding steroid dienone is 1. The van der Waals surface area contributed by atoms with E-state index in [1.165, 1.54) is 0 Å². The van der Waals surface area contributed by atoms with Crippen molar-refractivity contribution >= 4 is 35.2 Å². The molecule has 3 nitrogen and oxygen atoms in total. The first kappa shape index (κ1) is 21.4. The lowest BCUT2D eigenvalue weighted by molar-refractivity contribution is -0.144. The number of hydrogen-bond acceptors (Lipinski definition) is 3. The van der Waals surface area contributed by atoms with Crippen LogP contribution in [0.15, 0.2) is 42.6 Å². The molecule has 0 N–H and O–H groups in total. The average Bonchev–Trinajstić information content (AvgIpc) is 3.01. The maximum atomic E-state index is 12.3. The van der Waals surface area contributed by atoms with Gasteiger partial charge < -0.3 is 4.74 Å². The maximum absolute atomic E-state index is 12.3. The Morgan fingerprint density at radius 2 is 2.00 bits per heavy atom. The van der Waals surface area contributed by atoms with Crippen LogP contribution in [0, 0.1) is 29.6 Å². The van der Waals surface area contributed by atoms with Crippen LogP contribution in [0.2, 0.25) is 10.0 Å². The van der Waals surface area contributed by atoms with Crippen LogP contribution in [0.1, 0.15) is 39.3 Å². The third kappa shape index (κ3) is 3.90. The van der Waals surface area contributed by atoms with E-state index in [2.05, 4.69) is 31.0 Å². The van der Waals surface area contributed by atoms with E-state index in [1.807, 2.05) is 37.4 Å². The van der Waals surface area contributed by atoms with Gasteiger partial charge in [-0.25, -0.2) is 0 Å². The van der Waals surface area contributed by atoms with Crippen molar-refractivity contribution in [2.45, 2.75) is 39.7 Å². The lowest BCUT2D eigenvalue weighted by Crippen LogP contribution is -2.40. The number of pyridine rings is 1. The fourth-order valence-electron chi connectivity index (χ4n) is 5.45. The number of fused-ring (bicyclic) bond motifs is 1. The second-order valence-electron chi connectivity index (χ2n) is 8.62. The van der Waals surface area contributed by atoms with Gasteiger partial charge in [0, 0.05) is 23.2 Å². The molecule has 1 aliphatic carbocycles. The molecule has 0 amide bonds. The van der Waals surface area contributed by atoms with E-state index < -0.39 is 0 Å².